The van der Waals surface area contributed by atoms with Gasteiger partial charge in [0.05, 0.1) is 0 Å². The molecule has 1 aliphatic carbocycles. The number of halogens is 2. The minimum atomic E-state index is -0.177. The summed E-state index contributed by atoms with van der Waals surface area (Å²) in [5.41, 5.74) is 1.20. The highest BCUT2D eigenvalue weighted by atomic mass is 79.9. The van der Waals surface area contributed by atoms with Gasteiger partial charge in [-0.15, -0.1) is 0 Å². The average molecular weight is 300 g/mol. The molecular formula is C14H19BrFN. The van der Waals surface area contributed by atoms with Crippen LogP contribution in [0, 0.1) is 11.7 Å². The Kier molecular flexibility index (Phi) is 4.57. The van der Waals surface area contributed by atoms with Crippen molar-refractivity contribution in [3.8, 4) is 0 Å². The van der Waals surface area contributed by atoms with E-state index >= 15 is 0 Å². The molecule has 0 amide bonds. The summed E-state index contributed by atoms with van der Waals surface area (Å²) in [5.74, 6) is 0.451. The Morgan fingerprint density at radius 2 is 2.24 bits per heavy atom. The summed E-state index contributed by atoms with van der Waals surface area (Å²) >= 11 is 3.42. The van der Waals surface area contributed by atoms with Crippen LogP contribution in [0.4, 0.5) is 4.39 Å². The second-order valence-electron chi connectivity index (χ2n) is 5.06. The fourth-order valence-electron chi connectivity index (χ4n) is 1.99. The molecule has 1 fully saturated rings. The Bertz CT molecular complexity index is 376. The lowest BCUT2D eigenvalue weighted by Crippen LogP contribution is -2.20. The van der Waals surface area contributed by atoms with E-state index < -0.39 is 0 Å². The van der Waals surface area contributed by atoms with E-state index in [1.165, 1.54) is 30.9 Å². The van der Waals surface area contributed by atoms with Crippen LogP contribution in [0.1, 0.15) is 31.7 Å². The van der Waals surface area contributed by atoms with Gasteiger partial charge >= 0.3 is 0 Å². The molecule has 0 aliphatic heterocycles. The second-order valence-corrected chi connectivity index (χ2v) is 5.92. The van der Waals surface area contributed by atoms with Crippen LogP contribution in [-0.4, -0.2) is 12.6 Å². The molecule has 0 aromatic heterocycles. The SMILES string of the molecule is CC(CCNC1CC1)Cc1ccc(F)cc1Br. The molecular weight excluding hydrogens is 281 g/mol. The summed E-state index contributed by atoms with van der Waals surface area (Å²) < 4.78 is 13.8. The van der Waals surface area contributed by atoms with Crippen molar-refractivity contribution >= 4 is 15.9 Å². The van der Waals surface area contributed by atoms with Gasteiger partial charge in [0, 0.05) is 10.5 Å². The quantitative estimate of drug-likeness (QED) is 0.840. The standard InChI is InChI=1S/C14H19BrFN/c1-10(6-7-17-13-4-5-13)8-11-2-3-12(16)9-14(11)15/h2-3,9-10,13,17H,4-8H2,1H3. The molecule has 0 heterocycles. The number of benzene rings is 1. The van der Waals surface area contributed by atoms with E-state index in [2.05, 4.69) is 28.2 Å². The monoisotopic (exact) mass is 299 g/mol. The Labute approximate surface area is 111 Å². The first-order valence-corrected chi connectivity index (χ1v) is 7.12. The first-order chi connectivity index (χ1) is 8.15. The number of hydrogen-bond donors (Lipinski definition) is 1. The summed E-state index contributed by atoms with van der Waals surface area (Å²) in [6, 6.07) is 5.75. The predicted octanol–water partition coefficient (Wildman–Crippen LogP) is 3.91. The molecule has 1 unspecified atom stereocenters. The van der Waals surface area contributed by atoms with Crippen molar-refractivity contribution in [2.45, 2.75) is 38.6 Å². The summed E-state index contributed by atoms with van der Waals surface area (Å²) in [5, 5.41) is 3.53. The van der Waals surface area contributed by atoms with Crippen LogP contribution in [-0.2, 0) is 6.42 Å². The van der Waals surface area contributed by atoms with Crippen molar-refractivity contribution in [3.05, 3.63) is 34.1 Å². The highest BCUT2D eigenvalue weighted by molar-refractivity contribution is 9.10. The maximum atomic E-state index is 12.9. The van der Waals surface area contributed by atoms with Crippen molar-refractivity contribution in [2.75, 3.05) is 6.54 Å². The molecule has 1 nitrogen and oxygen atoms in total. The molecule has 0 radical (unpaired) electrons. The van der Waals surface area contributed by atoms with Gasteiger partial charge in [0.15, 0.2) is 0 Å². The lowest BCUT2D eigenvalue weighted by molar-refractivity contribution is 0.496. The number of hydrogen-bond acceptors (Lipinski definition) is 1. The summed E-state index contributed by atoms with van der Waals surface area (Å²) in [6.07, 6.45) is 4.88. The number of rotatable bonds is 6. The van der Waals surface area contributed by atoms with E-state index in [0.29, 0.717) is 5.92 Å². The van der Waals surface area contributed by atoms with Crippen LogP contribution in [0.3, 0.4) is 0 Å². The third kappa shape index (κ3) is 4.40. The van der Waals surface area contributed by atoms with Crippen molar-refractivity contribution in [2.24, 2.45) is 5.92 Å². The van der Waals surface area contributed by atoms with E-state index in [9.17, 15) is 4.39 Å². The van der Waals surface area contributed by atoms with Gasteiger partial charge < -0.3 is 5.32 Å². The van der Waals surface area contributed by atoms with Crippen molar-refractivity contribution < 1.29 is 4.39 Å². The molecule has 0 saturated heterocycles. The highest BCUT2D eigenvalue weighted by Gasteiger charge is 2.20. The minimum absolute atomic E-state index is 0.177. The van der Waals surface area contributed by atoms with E-state index in [4.69, 9.17) is 0 Å². The van der Waals surface area contributed by atoms with Gasteiger partial charge in [-0.1, -0.05) is 28.9 Å². The Morgan fingerprint density at radius 1 is 1.47 bits per heavy atom. The van der Waals surface area contributed by atoms with Gasteiger partial charge in [-0.25, -0.2) is 4.39 Å². The molecule has 94 valence electrons. The zero-order valence-corrected chi connectivity index (χ0v) is 11.8. The molecule has 3 heteroatoms. The van der Waals surface area contributed by atoms with Gasteiger partial charge in [-0.3, -0.25) is 0 Å². The van der Waals surface area contributed by atoms with Crippen molar-refractivity contribution in [1.82, 2.24) is 5.32 Å². The summed E-state index contributed by atoms with van der Waals surface area (Å²) in [7, 11) is 0. The molecule has 1 aromatic rings. The first kappa shape index (κ1) is 13.0. The molecule has 1 atom stereocenters. The predicted molar refractivity (Wildman–Crippen MR) is 72.6 cm³/mol. The Hall–Kier alpha value is -0.410. The molecule has 1 aromatic carbocycles. The minimum Gasteiger partial charge on any atom is -0.314 e. The van der Waals surface area contributed by atoms with Gasteiger partial charge in [-0.2, -0.15) is 0 Å². The first-order valence-electron chi connectivity index (χ1n) is 6.32. The third-order valence-corrected chi connectivity index (χ3v) is 3.97. The van der Waals surface area contributed by atoms with E-state index in [1.54, 1.807) is 6.07 Å². The maximum Gasteiger partial charge on any atom is 0.124 e. The van der Waals surface area contributed by atoms with Crippen LogP contribution in [0.2, 0.25) is 0 Å². The largest absolute Gasteiger partial charge is 0.314 e. The molecule has 1 saturated carbocycles. The van der Waals surface area contributed by atoms with Crippen LogP contribution < -0.4 is 5.32 Å². The van der Waals surface area contributed by atoms with Gasteiger partial charge in [0.2, 0.25) is 0 Å². The molecule has 0 spiro atoms. The number of nitrogens with one attached hydrogen (secondary N) is 1. The van der Waals surface area contributed by atoms with Crippen LogP contribution >= 0.6 is 15.9 Å². The molecule has 0 bridgehead atoms. The van der Waals surface area contributed by atoms with Gasteiger partial charge in [0.25, 0.3) is 0 Å². The molecule has 1 N–H and O–H groups in total. The van der Waals surface area contributed by atoms with Gasteiger partial charge in [-0.05, 0) is 55.8 Å². The lowest BCUT2D eigenvalue weighted by Gasteiger charge is -2.13. The topological polar surface area (TPSA) is 12.0 Å². The zero-order valence-electron chi connectivity index (χ0n) is 10.2. The normalized spacial score (nSPS) is 17.1. The fourth-order valence-corrected chi connectivity index (χ4v) is 2.50. The van der Waals surface area contributed by atoms with Crippen molar-refractivity contribution in [3.63, 3.8) is 0 Å². The van der Waals surface area contributed by atoms with E-state index in [1.807, 2.05) is 6.07 Å². The fraction of sp³-hybridized carbons (Fsp3) is 0.571. The average Bonchev–Trinajstić information content (AvgIpc) is 3.06. The molecule has 2 rings (SSSR count). The Morgan fingerprint density at radius 3 is 2.88 bits per heavy atom. The Balaban J connectivity index is 1.77. The van der Waals surface area contributed by atoms with Crippen molar-refractivity contribution in [1.29, 1.82) is 0 Å². The maximum absolute atomic E-state index is 12.9. The smallest absolute Gasteiger partial charge is 0.124 e. The summed E-state index contributed by atoms with van der Waals surface area (Å²) in [4.78, 5) is 0. The van der Waals surface area contributed by atoms with E-state index in [-0.39, 0.29) is 5.82 Å². The highest BCUT2D eigenvalue weighted by Crippen LogP contribution is 2.23. The van der Waals surface area contributed by atoms with Crippen LogP contribution in [0.5, 0.6) is 0 Å². The van der Waals surface area contributed by atoms with Gasteiger partial charge in [0.1, 0.15) is 5.82 Å². The lowest BCUT2D eigenvalue weighted by atomic mass is 9.98. The zero-order chi connectivity index (χ0) is 12.3. The summed E-state index contributed by atoms with van der Waals surface area (Å²) in [6.45, 7) is 3.36. The molecule has 1 aliphatic rings. The van der Waals surface area contributed by atoms with E-state index in [0.717, 1.165) is 23.5 Å². The van der Waals surface area contributed by atoms with Crippen LogP contribution in [0.25, 0.3) is 0 Å². The van der Waals surface area contributed by atoms with Crippen LogP contribution in [0.15, 0.2) is 22.7 Å². The third-order valence-electron chi connectivity index (χ3n) is 3.23. The second kappa shape index (κ2) is 5.96. The molecule has 17 heavy (non-hydrogen) atoms.